The highest BCUT2D eigenvalue weighted by molar-refractivity contribution is 7.71. The molecule has 0 radical (unpaired) electrons. The summed E-state index contributed by atoms with van der Waals surface area (Å²) < 4.78 is 20.0. The van der Waals surface area contributed by atoms with Crippen LogP contribution in [-0.4, -0.2) is 23.3 Å². The van der Waals surface area contributed by atoms with Crippen LogP contribution in [0, 0.1) is 10.6 Å². The van der Waals surface area contributed by atoms with Crippen LogP contribution >= 0.6 is 12.2 Å². The molecule has 1 aromatic heterocycles. The van der Waals surface area contributed by atoms with Gasteiger partial charge >= 0.3 is 0 Å². The van der Waals surface area contributed by atoms with E-state index in [0.717, 1.165) is 0 Å². The molecule has 90 valence electrons. The maximum atomic E-state index is 13.6. The quantitative estimate of drug-likeness (QED) is 0.850. The fourth-order valence-electron chi connectivity index (χ4n) is 1.64. The van der Waals surface area contributed by atoms with Gasteiger partial charge in [0.2, 0.25) is 0 Å². The number of aromatic nitrogens is 2. The lowest BCUT2D eigenvalue weighted by Gasteiger charge is -2.07. The third kappa shape index (κ3) is 2.13. The molecule has 0 unspecified atom stereocenters. The maximum absolute atomic E-state index is 13.6. The molecule has 0 spiro atoms. The number of ether oxygens (including phenoxy) is 1. The smallest absolute Gasteiger partial charge is 0.265 e. The van der Waals surface area contributed by atoms with Crippen molar-refractivity contribution in [3.8, 4) is 0 Å². The average Bonchev–Trinajstić information content (AvgIpc) is 2.28. The summed E-state index contributed by atoms with van der Waals surface area (Å²) in [5.74, 6) is -0.551. The highest BCUT2D eigenvalue weighted by Crippen LogP contribution is 2.11. The zero-order valence-corrected chi connectivity index (χ0v) is 10.0. The Morgan fingerprint density at radius 1 is 1.53 bits per heavy atom. The Bertz CT molecular complexity index is 663. The molecule has 4 nitrogen and oxygen atoms in total. The molecule has 1 aromatic carbocycles. The number of hydrogen-bond donors (Lipinski definition) is 1. The van der Waals surface area contributed by atoms with Gasteiger partial charge in [-0.1, -0.05) is 6.07 Å². The molecule has 17 heavy (non-hydrogen) atoms. The molecule has 0 aliphatic heterocycles. The first kappa shape index (κ1) is 11.9. The highest BCUT2D eigenvalue weighted by Gasteiger charge is 2.09. The first-order valence-corrected chi connectivity index (χ1v) is 5.46. The number of nitrogens with one attached hydrogen (secondary N) is 1. The maximum Gasteiger partial charge on any atom is 0.265 e. The number of H-pyrrole nitrogens is 1. The van der Waals surface area contributed by atoms with Crippen LogP contribution in [0.2, 0.25) is 0 Å². The van der Waals surface area contributed by atoms with E-state index in [-0.39, 0.29) is 10.2 Å². The van der Waals surface area contributed by atoms with Crippen LogP contribution in [-0.2, 0) is 11.3 Å². The first-order chi connectivity index (χ1) is 8.15. The van der Waals surface area contributed by atoms with E-state index in [4.69, 9.17) is 17.0 Å². The van der Waals surface area contributed by atoms with Gasteiger partial charge in [0.15, 0.2) is 4.77 Å². The molecule has 0 saturated carbocycles. The summed E-state index contributed by atoms with van der Waals surface area (Å²) in [6, 6.07) is 4.40. The predicted molar refractivity (Wildman–Crippen MR) is 65.2 cm³/mol. The van der Waals surface area contributed by atoms with Crippen molar-refractivity contribution < 1.29 is 9.13 Å². The second-order valence-electron chi connectivity index (χ2n) is 3.54. The number of methoxy groups -OCH3 is 1. The van der Waals surface area contributed by atoms with E-state index in [1.807, 2.05) is 0 Å². The molecule has 0 aliphatic rings. The van der Waals surface area contributed by atoms with E-state index < -0.39 is 11.4 Å². The Morgan fingerprint density at radius 3 is 3.00 bits per heavy atom. The zero-order valence-electron chi connectivity index (χ0n) is 9.20. The van der Waals surface area contributed by atoms with Crippen molar-refractivity contribution in [2.24, 2.45) is 0 Å². The van der Waals surface area contributed by atoms with Crippen LogP contribution in [0.4, 0.5) is 4.39 Å². The molecule has 1 heterocycles. The topological polar surface area (TPSA) is 47.0 Å². The Hall–Kier alpha value is -1.53. The third-order valence-electron chi connectivity index (χ3n) is 2.48. The van der Waals surface area contributed by atoms with Gasteiger partial charge in [-0.15, -0.1) is 0 Å². The van der Waals surface area contributed by atoms with Crippen LogP contribution in [0.15, 0.2) is 23.0 Å². The minimum Gasteiger partial charge on any atom is -0.383 e. The van der Waals surface area contributed by atoms with Crippen LogP contribution in [0.5, 0.6) is 0 Å². The highest BCUT2D eigenvalue weighted by atomic mass is 32.1. The molecule has 2 aromatic rings. The van der Waals surface area contributed by atoms with E-state index in [1.54, 1.807) is 6.07 Å². The predicted octanol–water partition coefficient (Wildman–Crippen LogP) is 1.84. The van der Waals surface area contributed by atoms with Crippen molar-refractivity contribution >= 4 is 23.1 Å². The summed E-state index contributed by atoms with van der Waals surface area (Å²) in [4.78, 5) is 14.9. The van der Waals surface area contributed by atoms with Crippen LogP contribution < -0.4 is 5.56 Å². The molecule has 1 N–H and O–H groups in total. The third-order valence-corrected chi connectivity index (χ3v) is 2.80. The number of hydrogen-bond acceptors (Lipinski definition) is 3. The largest absolute Gasteiger partial charge is 0.383 e. The fraction of sp³-hybridized carbons (Fsp3) is 0.273. The van der Waals surface area contributed by atoms with Gasteiger partial charge in [-0.25, -0.2) is 4.39 Å². The molecule has 2 rings (SSSR count). The minimum atomic E-state index is -0.551. The van der Waals surface area contributed by atoms with E-state index >= 15 is 0 Å². The Labute approximate surface area is 102 Å². The fourth-order valence-corrected chi connectivity index (χ4v) is 1.93. The molecular weight excluding hydrogens is 243 g/mol. The number of benzene rings is 1. The van der Waals surface area contributed by atoms with E-state index in [0.29, 0.717) is 18.7 Å². The van der Waals surface area contributed by atoms with Gasteiger partial charge in [0.1, 0.15) is 5.82 Å². The molecule has 0 fully saturated rings. The number of rotatable bonds is 3. The Kier molecular flexibility index (Phi) is 3.35. The normalized spacial score (nSPS) is 10.9. The summed E-state index contributed by atoms with van der Waals surface area (Å²) >= 11 is 5.05. The van der Waals surface area contributed by atoms with Gasteiger partial charge < -0.3 is 9.72 Å². The molecule has 0 aliphatic carbocycles. The number of nitrogens with zero attached hydrogens (tertiary/aromatic N) is 1. The SMILES string of the molecule is COCCn1c(=S)[nH]c2cccc(F)c2c1=O. The van der Waals surface area contributed by atoms with Gasteiger partial charge in [0, 0.05) is 7.11 Å². The lowest BCUT2D eigenvalue weighted by Crippen LogP contribution is -2.24. The van der Waals surface area contributed by atoms with Crippen LogP contribution in [0.1, 0.15) is 0 Å². The van der Waals surface area contributed by atoms with Crippen molar-refractivity contribution in [3.05, 3.63) is 39.1 Å². The standard InChI is InChI=1S/C11H11FN2O2S/c1-16-6-5-14-10(15)9-7(12)3-2-4-8(9)13-11(14)17/h2-4H,5-6H2,1H3,(H,13,17). The second kappa shape index (κ2) is 4.77. The molecule has 6 heteroatoms. The van der Waals surface area contributed by atoms with Gasteiger partial charge in [-0.05, 0) is 24.4 Å². The van der Waals surface area contributed by atoms with E-state index in [2.05, 4.69) is 4.98 Å². The van der Waals surface area contributed by atoms with E-state index in [9.17, 15) is 9.18 Å². The zero-order chi connectivity index (χ0) is 12.4. The van der Waals surface area contributed by atoms with Gasteiger partial charge in [0.05, 0.1) is 24.1 Å². The van der Waals surface area contributed by atoms with Crippen molar-refractivity contribution in [1.82, 2.24) is 9.55 Å². The van der Waals surface area contributed by atoms with Crippen molar-refractivity contribution in [1.29, 1.82) is 0 Å². The average molecular weight is 254 g/mol. The van der Waals surface area contributed by atoms with Crippen molar-refractivity contribution in [3.63, 3.8) is 0 Å². The van der Waals surface area contributed by atoms with Crippen molar-refractivity contribution in [2.75, 3.05) is 13.7 Å². The van der Waals surface area contributed by atoms with E-state index in [1.165, 1.54) is 23.8 Å². The number of fused-ring (bicyclic) bond motifs is 1. The molecule has 0 bridgehead atoms. The van der Waals surface area contributed by atoms with Crippen LogP contribution in [0.25, 0.3) is 10.9 Å². The summed E-state index contributed by atoms with van der Waals surface area (Å²) in [7, 11) is 1.53. The molecular formula is C11H11FN2O2S. The Morgan fingerprint density at radius 2 is 2.29 bits per heavy atom. The van der Waals surface area contributed by atoms with Crippen molar-refractivity contribution in [2.45, 2.75) is 6.54 Å². The summed E-state index contributed by atoms with van der Waals surface area (Å²) in [6.07, 6.45) is 0. The molecule has 0 saturated heterocycles. The Balaban J connectivity index is 2.74. The van der Waals surface area contributed by atoms with Gasteiger partial charge in [-0.3, -0.25) is 9.36 Å². The summed E-state index contributed by atoms with van der Waals surface area (Å²) in [6.45, 7) is 0.645. The summed E-state index contributed by atoms with van der Waals surface area (Å²) in [5.41, 5.74) is -0.0208. The molecule has 0 amide bonds. The minimum absolute atomic E-state index is 0.0252. The lowest BCUT2D eigenvalue weighted by molar-refractivity contribution is 0.185. The number of aromatic amines is 1. The first-order valence-electron chi connectivity index (χ1n) is 5.05. The second-order valence-corrected chi connectivity index (χ2v) is 3.93. The lowest BCUT2D eigenvalue weighted by atomic mass is 10.2. The summed E-state index contributed by atoms with van der Waals surface area (Å²) in [5, 5.41) is 0.0252. The monoisotopic (exact) mass is 254 g/mol. The number of halogens is 1. The van der Waals surface area contributed by atoms with Gasteiger partial charge in [-0.2, -0.15) is 0 Å². The molecule has 0 atom stereocenters. The van der Waals surface area contributed by atoms with Crippen LogP contribution in [0.3, 0.4) is 0 Å². The van der Waals surface area contributed by atoms with Gasteiger partial charge in [0.25, 0.3) is 5.56 Å².